The largest absolute Gasteiger partial charge is 0.382 e. The monoisotopic (exact) mass is 343 g/mol. The fourth-order valence-corrected chi connectivity index (χ4v) is 2.62. The van der Waals surface area contributed by atoms with Gasteiger partial charge in [-0.1, -0.05) is 0 Å². The van der Waals surface area contributed by atoms with Crippen LogP contribution in [0, 0.1) is 0 Å². The third kappa shape index (κ3) is 3.90. The van der Waals surface area contributed by atoms with Crippen molar-refractivity contribution in [2.24, 2.45) is 0 Å². The predicted molar refractivity (Wildman–Crippen MR) is 81.8 cm³/mol. The zero-order chi connectivity index (χ0) is 17.7. The smallest absolute Gasteiger partial charge is 0.325 e. The number of H-pyrrole nitrogens is 2. The van der Waals surface area contributed by atoms with E-state index in [1.165, 1.54) is 27.5 Å². The maximum Gasteiger partial charge on any atom is 0.325 e. The molecule has 1 amide bonds. The molecule has 1 aromatic heterocycles. The van der Waals surface area contributed by atoms with Crippen LogP contribution in [0.2, 0.25) is 0 Å². The van der Waals surface area contributed by atoms with Gasteiger partial charge in [-0.2, -0.15) is 0 Å². The van der Waals surface area contributed by atoms with E-state index in [4.69, 9.17) is 18.9 Å². The van der Waals surface area contributed by atoms with E-state index in [-0.39, 0.29) is 24.7 Å². The van der Waals surface area contributed by atoms with Gasteiger partial charge in [-0.25, -0.2) is 4.79 Å². The van der Waals surface area contributed by atoms with Crippen LogP contribution in [0.25, 0.3) is 0 Å². The minimum Gasteiger partial charge on any atom is -0.382 e. The molecule has 24 heavy (non-hydrogen) atoms. The number of likely N-dealkylation sites (N-methyl/N-ethyl adjacent to an activating group) is 1. The van der Waals surface area contributed by atoms with Gasteiger partial charge in [0, 0.05) is 27.5 Å². The molecule has 1 saturated heterocycles. The van der Waals surface area contributed by atoms with E-state index in [1.807, 2.05) is 0 Å². The molecule has 0 aliphatic carbocycles. The molecule has 134 valence electrons. The van der Waals surface area contributed by atoms with Crippen LogP contribution in [-0.4, -0.2) is 68.7 Å². The normalized spacial score (nSPS) is 26.5. The Labute approximate surface area is 137 Å². The lowest BCUT2D eigenvalue weighted by molar-refractivity contribution is -0.131. The Balaban J connectivity index is 2.32. The van der Waals surface area contributed by atoms with Crippen LogP contribution in [0.1, 0.15) is 11.7 Å². The number of amides is 1. The van der Waals surface area contributed by atoms with Gasteiger partial charge in [0.25, 0.3) is 5.56 Å². The van der Waals surface area contributed by atoms with Gasteiger partial charge < -0.3 is 29.2 Å². The molecule has 1 fully saturated rings. The average molecular weight is 343 g/mol. The van der Waals surface area contributed by atoms with Gasteiger partial charge in [-0.05, 0) is 0 Å². The average Bonchev–Trinajstić information content (AvgIpc) is 2.90. The van der Waals surface area contributed by atoms with Gasteiger partial charge >= 0.3 is 5.69 Å². The highest BCUT2D eigenvalue weighted by atomic mass is 16.6. The lowest BCUT2D eigenvalue weighted by Gasteiger charge is -2.22. The molecule has 10 heteroatoms. The molecule has 2 unspecified atom stereocenters. The summed E-state index contributed by atoms with van der Waals surface area (Å²) in [6.45, 7) is -0.00204. The van der Waals surface area contributed by atoms with Crippen LogP contribution in [-0.2, 0) is 23.7 Å². The van der Waals surface area contributed by atoms with E-state index in [0.717, 1.165) is 0 Å². The minimum atomic E-state index is -0.819. The van der Waals surface area contributed by atoms with Gasteiger partial charge in [0.1, 0.15) is 31.0 Å². The molecule has 0 aromatic carbocycles. The van der Waals surface area contributed by atoms with E-state index in [2.05, 4.69) is 15.3 Å². The summed E-state index contributed by atoms with van der Waals surface area (Å²) in [6, 6.07) is 0. The first-order chi connectivity index (χ1) is 11.5. The zero-order valence-electron chi connectivity index (χ0n) is 13.7. The lowest BCUT2D eigenvalue weighted by Crippen LogP contribution is -2.39. The molecule has 4 atom stereocenters. The van der Waals surface area contributed by atoms with Crippen LogP contribution in [0.5, 0.6) is 0 Å². The summed E-state index contributed by atoms with van der Waals surface area (Å²) in [5, 5.41) is 2.45. The van der Waals surface area contributed by atoms with E-state index in [0.29, 0.717) is 0 Å². The van der Waals surface area contributed by atoms with Crippen molar-refractivity contribution in [1.82, 2.24) is 15.3 Å². The summed E-state index contributed by atoms with van der Waals surface area (Å²) in [5.74, 6) is -0.325. The Hall–Kier alpha value is -2.01. The van der Waals surface area contributed by atoms with E-state index < -0.39 is 35.7 Å². The molecule has 0 spiro atoms. The van der Waals surface area contributed by atoms with Gasteiger partial charge in [-0.15, -0.1) is 0 Å². The molecule has 0 saturated carbocycles. The first-order valence-corrected chi connectivity index (χ1v) is 7.33. The van der Waals surface area contributed by atoms with Crippen molar-refractivity contribution in [3.8, 4) is 0 Å². The molecule has 10 nitrogen and oxygen atoms in total. The van der Waals surface area contributed by atoms with Crippen LogP contribution in [0.4, 0.5) is 0 Å². The highest BCUT2D eigenvalue weighted by molar-refractivity contribution is 5.76. The summed E-state index contributed by atoms with van der Waals surface area (Å²) < 4.78 is 22.0. The van der Waals surface area contributed by atoms with Crippen LogP contribution in [0.3, 0.4) is 0 Å². The Kier molecular flexibility index (Phi) is 6.26. The first-order valence-electron chi connectivity index (χ1n) is 7.33. The van der Waals surface area contributed by atoms with Gasteiger partial charge in [0.05, 0.1) is 12.2 Å². The Bertz CT molecular complexity index is 671. The van der Waals surface area contributed by atoms with Crippen molar-refractivity contribution in [3.05, 3.63) is 32.6 Å². The number of carbonyl (C=O) groups excluding carboxylic acids is 1. The van der Waals surface area contributed by atoms with Gasteiger partial charge in [0.15, 0.2) is 0 Å². The van der Waals surface area contributed by atoms with Crippen molar-refractivity contribution in [1.29, 1.82) is 0 Å². The van der Waals surface area contributed by atoms with Crippen molar-refractivity contribution in [3.63, 3.8) is 0 Å². The second-order valence-corrected chi connectivity index (χ2v) is 5.23. The first kappa shape index (κ1) is 18.3. The summed E-state index contributed by atoms with van der Waals surface area (Å²) in [4.78, 5) is 39.3. The highest BCUT2D eigenvalue weighted by Crippen LogP contribution is 2.35. The SMILES string of the molecule is CNC(=O)COC1C(OC)[C@@H](COC)O[C@H]1c1c[nH]c(=O)[nH]c1=O. The Morgan fingerprint density at radius 2 is 2.08 bits per heavy atom. The molecule has 2 rings (SSSR count). The van der Waals surface area contributed by atoms with E-state index >= 15 is 0 Å². The van der Waals surface area contributed by atoms with Crippen molar-refractivity contribution >= 4 is 5.91 Å². The summed E-state index contributed by atoms with van der Waals surface area (Å²) in [6.07, 6.45) is -1.32. The van der Waals surface area contributed by atoms with Crippen LogP contribution in [0.15, 0.2) is 15.8 Å². The number of aromatic nitrogens is 2. The number of ether oxygens (including phenoxy) is 4. The number of hydrogen-bond acceptors (Lipinski definition) is 7. The number of rotatable bonds is 7. The number of methoxy groups -OCH3 is 2. The molecule has 0 bridgehead atoms. The molecular formula is C14H21N3O7. The third-order valence-corrected chi connectivity index (χ3v) is 3.75. The Morgan fingerprint density at radius 1 is 1.33 bits per heavy atom. The van der Waals surface area contributed by atoms with Gasteiger partial charge in [-0.3, -0.25) is 14.6 Å². The van der Waals surface area contributed by atoms with E-state index in [1.54, 1.807) is 0 Å². The lowest BCUT2D eigenvalue weighted by atomic mass is 10.0. The summed E-state index contributed by atoms with van der Waals surface area (Å²) in [7, 11) is 4.48. The summed E-state index contributed by atoms with van der Waals surface area (Å²) in [5.41, 5.74) is -1.04. The van der Waals surface area contributed by atoms with Crippen LogP contribution < -0.4 is 16.6 Å². The standard InChI is InChI=1S/C14H21N3O7/c1-15-9(18)6-23-12-10(7-4-16-14(20)17-13(7)19)24-8(5-21-2)11(12)22-3/h4,8,10-12H,5-6H2,1-3H3,(H,15,18)(H2,16,17,19,20)/t8-,10+,11?,12?/m1/s1. The van der Waals surface area contributed by atoms with Crippen LogP contribution >= 0.6 is 0 Å². The van der Waals surface area contributed by atoms with Crippen molar-refractivity contribution in [2.45, 2.75) is 24.4 Å². The number of hydrogen-bond donors (Lipinski definition) is 3. The maximum atomic E-state index is 12.1. The summed E-state index contributed by atoms with van der Waals surface area (Å²) >= 11 is 0. The fourth-order valence-electron chi connectivity index (χ4n) is 2.62. The highest BCUT2D eigenvalue weighted by Gasteiger charge is 2.47. The zero-order valence-corrected chi connectivity index (χ0v) is 13.7. The molecular weight excluding hydrogens is 322 g/mol. The molecule has 0 radical (unpaired) electrons. The predicted octanol–water partition coefficient (Wildman–Crippen LogP) is -1.70. The molecule has 1 aliphatic rings. The molecule has 1 aliphatic heterocycles. The molecule has 1 aromatic rings. The van der Waals surface area contributed by atoms with Gasteiger partial charge in [0.2, 0.25) is 5.91 Å². The quantitative estimate of drug-likeness (QED) is 0.537. The van der Waals surface area contributed by atoms with Crippen molar-refractivity contribution in [2.75, 3.05) is 34.5 Å². The Morgan fingerprint density at radius 3 is 2.67 bits per heavy atom. The fraction of sp³-hybridized carbons (Fsp3) is 0.643. The minimum absolute atomic E-state index is 0.178. The van der Waals surface area contributed by atoms with Crippen molar-refractivity contribution < 1.29 is 23.7 Å². The number of aromatic amines is 2. The van der Waals surface area contributed by atoms with E-state index in [9.17, 15) is 14.4 Å². The maximum absolute atomic E-state index is 12.1. The second kappa shape index (κ2) is 8.20. The molecule has 3 N–H and O–H groups in total. The third-order valence-electron chi connectivity index (χ3n) is 3.75. The number of nitrogens with one attached hydrogen (secondary N) is 3. The molecule has 2 heterocycles. The second-order valence-electron chi connectivity index (χ2n) is 5.23. The number of carbonyl (C=O) groups is 1. The topological polar surface area (TPSA) is 132 Å².